The predicted octanol–water partition coefficient (Wildman–Crippen LogP) is 2.67. The van der Waals surface area contributed by atoms with Crippen LogP contribution in [0.2, 0.25) is 0 Å². The van der Waals surface area contributed by atoms with E-state index < -0.39 is 4.92 Å². The molecule has 1 amide bonds. The summed E-state index contributed by atoms with van der Waals surface area (Å²) >= 11 is 0. The van der Waals surface area contributed by atoms with E-state index in [4.69, 9.17) is 9.47 Å². The van der Waals surface area contributed by atoms with Crippen molar-refractivity contribution in [1.82, 2.24) is 20.0 Å². The molecule has 3 aromatic rings. The van der Waals surface area contributed by atoms with Crippen LogP contribution in [0.3, 0.4) is 0 Å². The molecule has 0 atom stereocenters. The van der Waals surface area contributed by atoms with Crippen LogP contribution in [0.4, 0.5) is 5.69 Å². The Balaban J connectivity index is 1.22. The highest BCUT2D eigenvalue weighted by Crippen LogP contribution is 2.33. The van der Waals surface area contributed by atoms with Gasteiger partial charge in [0.2, 0.25) is 6.79 Å². The van der Waals surface area contributed by atoms with Crippen molar-refractivity contribution in [1.29, 1.82) is 0 Å². The van der Waals surface area contributed by atoms with Gasteiger partial charge in [-0.1, -0.05) is 6.07 Å². The first kappa shape index (κ1) is 20.0. The summed E-state index contributed by atoms with van der Waals surface area (Å²) in [4.78, 5) is 27.7. The molecule has 0 radical (unpaired) electrons. The second-order valence-corrected chi connectivity index (χ2v) is 7.72. The molecule has 1 fully saturated rings. The smallest absolute Gasteiger partial charge is 0.269 e. The van der Waals surface area contributed by atoms with Crippen LogP contribution in [-0.2, 0) is 6.54 Å². The minimum atomic E-state index is -0.453. The summed E-state index contributed by atoms with van der Waals surface area (Å²) in [6.45, 7) is 3.76. The molecule has 0 saturated carbocycles. The standard InChI is InChI=1S/C22H21N5O5/c28-22(18-12-23-24-21(18)16-2-4-17(5-3-16)27(29)30)26-9-7-25(8-10-26)13-15-1-6-19-20(11-15)32-14-31-19/h1-6,11-12H,7-10,13-14H2,(H,23,24). The van der Waals surface area contributed by atoms with Gasteiger partial charge in [0.25, 0.3) is 11.6 Å². The average molecular weight is 435 g/mol. The fraction of sp³-hybridized carbons (Fsp3) is 0.273. The second-order valence-electron chi connectivity index (χ2n) is 7.72. The number of piperazine rings is 1. The minimum Gasteiger partial charge on any atom is -0.454 e. The molecule has 0 spiro atoms. The van der Waals surface area contributed by atoms with Crippen molar-refractivity contribution < 1.29 is 19.2 Å². The van der Waals surface area contributed by atoms with Crippen LogP contribution < -0.4 is 9.47 Å². The van der Waals surface area contributed by atoms with Crippen molar-refractivity contribution in [3.8, 4) is 22.8 Å². The summed E-state index contributed by atoms with van der Waals surface area (Å²) < 4.78 is 10.8. The largest absolute Gasteiger partial charge is 0.454 e. The quantitative estimate of drug-likeness (QED) is 0.484. The van der Waals surface area contributed by atoms with Crippen molar-refractivity contribution in [3.05, 3.63) is 69.9 Å². The normalized spacial score (nSPS) is 15.7. The number of benzene rings is 2. The first-order chi connectivity index (χ1) is 15.6. The molecule has 1 aromatic heterocycles. The molecule has 0 unspecified atom stereocenters. The molecule has 2 aliphatic heterocycles. The van der Waals surface area contributed by atoms with Gasteiger partial charge in [0.15, 0.2) is 11.5 Å². The number of H-pyrrole nitrogens is 1. The number of carbonyl (C=O) groups is 1. The van der Waals surface area contributed by atoms with Gasteiger partial charge in [-0.2, -0.15) is 5.10 Å². The van der Waals surface area contributed by atoms with Crippen LogP contribution >= 0.6 is 0 Å². The number of hydrogen-bond acceptors (Lipinski definition) is 7. The number of aromatic nitrogens is 2. The molecule has 10 heteroatoms. The topological polar surface area (TPSA) is 114 Å². The number of nitrogens with zero attached hydrogens (tertiary/aromatic N) is 4. The maximum Gasteiger partial charge on any atom is 0.269 e. The molecular formula is C22H21N5O5. The lowest BCUT2D eigenvalue weighted by atomic mass is 10.1. The third-order valence-electron chi connectivity index (χ3n) is 5.74. The van der Waals surface area contributed by atoms with Crippen LogP contribution in [0.25, 0.3) is 11.3 Å². The van der Waals surface area contributed by atoms with Crippen molar-refractivity contribution in [2.24, 2.45) is 0 Å². The van der Waals surface area contributed by atoms with E-state index in [0.717, 1.165) is 36.7 Å². The second kappa shape index (κ2) is 8.31. The lowest BCUT2D eigenvalue weighted by Crippen LogP contribution is -2.48. The number of carbonyl (C=O) groups excluding carboxylic acids is 1. The van der Waals surface area contributed by atoms with Gasteiger partial charge in [-0.25, -0.2) is 0 Å². The van der Waals surface area contributed by atoms with Crippen molar-refractivity contribution in [3.63, 3.8) is 0 Å². The number of rotatable bonds is 5. The van der Waals surface area contributed by atoms with Gasteiger partial charge in [-0.05, 0) is 29.8 Å². The predicted molar refractivity (Wildman–Crippen MR) is 114 cm³/mol. The Morgan fingerprint density at radius 2 is 1.81 bits per heavy atom. The van der Waals surface area contributed by atoms with Crippen molar-refractivity contribution in [2.45, 2.75) is 6.54 Å². The summed E-state index contributed by atoms with van der Waals surface area (Å²) in [5.74, 6) is 1.44. The van der Waals surface area contributed by atoms with E-state index in [0.29, 0.717) is 29.9 Å². The average Bonchev–Trinajstić information content (AvgIpc) is 3.48. The highest BCUT2D eigenvalue weighted by atomic mass is 16.7. The number of ether oxygens (including phenoxy) is 2. The number of hydrogen-bond donors (Lipinski definition) is 1. The van der Waals surface area contributed by atoms with E-state index in [9.17, 15) is 14.9 Å². The summed E-state index contributed by atoms with van der Waals surface area (Å²) in [5.41, 5.74) is 2.85. The molecule has 5 rings (SSSR count). The Kier molecular flexibility index (Phi) is 5.20. The zero-order valence-electron chi connectivity index (χ0n) is 17.2. The fourth-order valence-electron chi connectivity index (χ4n) is 4.00. The summed E-state index contributed by atoms with van der Waals surface area (Å²) in [6.07, 6.45) is 1.51. The summed E-state index contributed by atoms with van der Waals surface area (Å²) in [6, 6.07) is 12.0. The Hall–Kier alpha value is -3.92. The van der Waals surface area contributed by atoms with Gasteiger partial charge >= 0.3 is 0 Å². The van der Waals surface area contributed by atoms with Crippen LogP contribution in [0, 0.1) is 10.1 Å². The molecule has 10 nitrogen and oxygen atoms in total. The van der Waals surface area contributed by atoms with Gasteiger partial charge in [0.05, 0.1) is 22.4 Å². The van der Waals surface area contributed by atoms with E-state index >= 15 is 0 Å². The Morgan fingerprint density at radius 3 is 2.56 bits per heavy atom. The lowest BCUT2D eigenvalue weighted by Gasteiger charge is -2.34. The summed E-state index contributed by atoms with van der Waals surface area (Å²) in [7, 11) is 0. The number of nitrogens with one attached hydrogen (secondary N) is 1. The van der Waals surface area contributed by atoms with E-state index in [1.165, 1.54) is 18.3 Å². The molecule has 0 aliphatic carbocycles. The van der Waals surface area contributed by atoms with Crippen LogP contribution in [0.15, 0.2) is 48.7 Å². The molecule has 0 bridgehead atoms. The first-order valence-electron chi connectivity index (χ1n) is 10.3. The van der Waals surface area contributed by atoms with Gasteiger partial charge in [0.1, 0.15) is 0 Å². The van der Waals surface area contributed by atoms with E-state index in [2.05, 4.69) is 15.1 Å². The Labute approximate surface area is 183 Å². The Bertz CT molecular complexity index is 1150. The maximum absolute atomic E-state index is 13.1. The first-order valence-corrected chi connectivity index (χ1v) is 10.3. The SMILES string of the molecule is O=C(c1cn[nH]c1-c1ccc([N+](=O)[O-])cc1)N1CCN(Cc2ccc3c(c2)OCO3)CC1. The molecular weight excluding hydrogens is 414 g/mol. The number of nitro benzene ring substituents is 1. The maximum atomic E-state index is 13.1. The minimum absolute atomic E-state index is 0.000256. The fourth-order valence-corrected chi connectivity index (χ4v) is 4.00. The van der Waals surface area contributed by atoms with Crippen molar-refractivity contribution in [2.75, 3.05) is 33.0 Å². The molecule has 2 aliphatic rings. The van der Waals surface area contributed by atoms with Crippen LogP contribution in [-0.4, -0.2) is 63.8 Å². The summed E-state index contributed by atoms with van der Waals surface area (Å²) in [5, 5.41) is 17.8. The van der Waals surface area contributed by atoms with E-state index in [1.54, 1.807) is 12.1 Å². The van der Waals surface area contributed by atoms with E-state index in [1.807, 2.05) is 23.1 Å². The Morgan fingerprint density at radius 1 is 1.06 bits per heavy atom. The highest BCUT2D eigenvalue weighted by molar-refractivity contribution is 5.99. The molecule has 164 valence electrons. The number of amides is 1. The molecule has 32 heavy (non-hydrogen) atoms. The third-order valence-corrected chi connectivity index (χ3v) is 5.74. The molecule has 1 saturated heterocycles. The van der Waals surface area contributed by atoms with Gasteiger partial charge in [-0.15, -0.1) is 0 Å². The van der Waals surface area contributed by atoms with Crippen molar-refractivity contribution >= 4 is 11.6 Å². The third kappa shape index (κ3) is 3.87. The number of non-ortho nitro benzene ring substituents is 1. The lowest BCUT2D eigenvalue weighted by molar-refractivity contribution is -0.384. The number of aromatic amines is 1. The van der Waals surface area contributed by atoms with Crippen LogP contribution in [0.1, 0.15) is 15.9 Å². The molecule has 2 aromatic carbocycles. The molecule has 1 N–H and O–H groups in total. The number of nitro groups is 1. The van der Waals surface area contributed by atoms with E-state index in [-0.39, 0.29) is 18.4 Å². The number of fused-ring (bicyclic) bond motifs is 1. The van der Waals surface area contributed by atoms with Gasteiger partial charge in [0, 0.05) is 50.4 Å². The molecule has 3 heterocycles. The monoisotopic (exact) mass is 435 g/mol. The van der Waals surface area contributed by atoms with Gasteiger partial charge in [-0.3, -0.25) is 24.9 Å². The van der Waals surface area contributed by atoms with Crippen LogP contribution in [0.5, 0.6) is 11.5 Å². The highest BCUT2D eigenvalue weighted by Gasteiger charge is 2.26. The zero-order chi connectivity index (χ0) is 22.1. The zero-order valence-corrected chi connectivity index (χ0v) is 17.2. The van der Waals surface area contributed by atoms with Gasteiger partial charge < -0.3 is 14.4 Å².